The summed E-state index contributed by atoms with van der Waals surface area (Å²) in [7, 11) is 0. The van der Waals surface area contributed by atoms with Crippen molar-refractivity contribution in [2.75, 3.05) is 16.8 Å². The number of anilines is 2. The van der Waals surface area contributed by atoms with E-state index in [1.165, 1.54) is 0 Å². The van der Waals surface area contributed by atoms with Gasteiger partial charge in [-0.05, 0) is 25.5 Å². The monoisotopic (exact) mass is 414 g/mol. The quantitative estimate of drug-likeness (QED) is 0.687. The van der Waals surface area contributed by atoms with Gasteiger partial charge in [-0.15, -0.1) is 0 Å². The number of pyridine rings is 1. The molecular weight excluding hydrogens is 396 g/mol. The molecule has 3 aromatic heterocycles. The number of nitrogens with zero attached hydrogens (tertiary/aromatic N) is 5. The van der Waals surface area contributed by atoms with Crippen molar-refractivity contribution >= 4 is 35.1 Å². The summed E-state index contributed by atoms with van der Waals surface area (Å²) in [6, 6.07) is 6.75. The van der Waals surface area contributed by atoms with Crippen LogP contribution in [0.3, 0.4) is 0 Å². The number of amides is 2. The van der Waals surface area contributed by atoms with Crippen molar-refractivity contribution in [1.82, 2.24) is 19.9 Å². The van der Waals surface area contributed by atoms with E-state index in [4.69, 9.17) is 16.1 Å². The average Bonchev–Trinajstić information content (AvgIpc) is 3.31. The molecule has 1 N–H and O–H groups in total. The maximum atomic E-state index is 12.6. The Labute approximate surface area is 171 Å². The van der Waals surface area contributed by atoms with Gasteiger partial charge in [-0.2, -0.15) is 5.10 Å². The molecule has 0 unspecified atom stereocenters. The molecule has 1 aliphatic rings. The van der Waals surface area contributed by atoms with Crippen molar-refractivity contribution in [2.45, 2.75) is 32.7 Å². The molecule has 3 aromatic rings. The molecule has 0 spiro atoms. The molecule has 4 heterocycles. The maximum absolute atomic E-state index is 12.6. The predicted molar refractivity (Wildman–Crippen MR) is 107 cm³/mol. The molecule has 0 aliphatic carbocycles. The Bertz CT molecular complexity index is 1060. The Morgan fingerprint density at radius 2 is 2.07 bits per heavy atom. The van der Waals surface area contributed by atoms with E-state index in [1.807, 2.05) is 17.7 Å². The Kier molecular flexibility index (Phi) is 5.30. The molecule has 2 amide bonds. The predicted octanol–water partition coefficient (Wildman–Crippen LogP) is 3.05. The third-order valence-corrected chi connectivity index (χ3v) is 4.77. The number of hydrogen-bond acceptors (Lipinski definition) is 6. The number of halogens is 1. The summed E-state index contributed by atoms with van der Waals surface area (Å²) in [5.41, 5.74) is 1.86. The van der Waals surface area contributed by atoms with Crippen molar-refractivity contribution in [3.8, 4) is 11.4 Å². The minimum Gasteiger partial charge on any atom is -0.338 e. The van der Waals surface area contributed by atoms with E-state index in [1.54, 1.807) is 29.3 Å². The number of carbonyl (C=O) groups is 2. The summed E-state index contributed by atoms with van der Waals surface area (Å²) >= 11 is 5.94. The van der Waals surface area contributed by atoms with E-state index in [-0.39, 0.29) is 30.5 Å². The van der Waals surface area contributed by atoms with Gasteiger partial charge in [0.1, 0.15) is 11.5 Å². The molecule has 0 fully saturated rings. The molecule has 10 heteroatoms. The second kappa shape index (κ2) is 8.04. The van der Waals surface area contributed by atoms with Crippen molar-refractivity contribution in [1.29, 1.82) is 0 Å². The van der Waals surface area contributed by atoms with Crippen LogP contribution in [-0.4, -0.2) is 38.3 Å². The first-order valence-electron chi connectivity index (χ1n) is 9.23. The van der Waals surface area contributed by atoms with Gasteiger partial charge in [-0.3, -0.25) is 24.8 Å². The normalized spacial score (nSPS) is 13.2. The van der Waals surface area contributed by atoms with Crippen LogP contribution in [0.25, 0.3) is 11.4 Å². The summed E-state index contributed by atoms with van der Waals surface area (Å²) in [4.78, 5) is 30.7. The van der Waals surface area contributed by atoms with E-state index in [0.717, 1.165) is 24.5 Å². The largest absolute Gasteiger partial charge is 0.338 e. The van der Waals surface area contributed by atoms with Gasteiger partial charge in [0.15, 0.2) is 0 Å². The number of aromatic nitrogens is 4. The molecule has 0 saturated heterocycles. The van der Waals surface area contributed by atoms with Crippen LogP contribution in [0.5, 0.6) is 0 Å². The molecule has 9 nitrogen and oxygen atoms in total. The van der Waals surface area contributed by atoms with Crippen LogP contribution in [0.2, 0.25) is 5.02 Å². The molecule has 1 aliphatic heterocycles. The van der Waals surface area contributed by atoms with Gasteiger partial charge in [0.05, 0.1) is 11.4 Å². The average molecular weight is 415 g/mol. The second-order valence-corrected chi connectivity index (χ2v) is 7.19. The summed E-state index contributed by atoms with van der Waals surface area (Å²) in [5, 5.41) is 11.4. The van der Waals surface area contributed by atoms with Crippen LogP contribution in [-0.2, 0) is 16.1 Å². The van der Waals surface area contributed by atoms with E-state index in [0.29, 0.717) is 23.0 Å². The lowest BCUT2D eigenvalue weighted by Gasteiger charge is -2.27. The third-order valence-electron chi connectivity index (χ3n) is 4.53. The van der Waals surface area contributed by atoms with E-state index < -0.39 is 0 Å². The number of nitrogens with one attached hydrogen (secondary N) is 1. The highest BCUT2D eigenvalue weighted by Gasteiger charge is 2.24. The molecule has 0 bridgehead atoms. The molecule has 0 saturated carbocycles. The topological polar surface area (TPSA) is 106 Å². The zero-order chi connectivity index (χ0) is 20.4. The maximum Gasteiger partial charge on any atom is 0.231 e. The van der Waals surface area contributed by atoms with Crippen LogP contribution in [0.4, 0.5) is 11.7 Å². The highest BCUT2D eigenvalue weighted by atomic mass is 35.5. The van der Waals surface area contributed by atoms with Gasteiger partial charge < -0.3 is 4.52 Å². The number of rotatable bonds is 5. The first-order valence-corrected chi connectivity index (χ1v) is 9.61. The van der Waals surface area contributed by atoms with E-state index in [9.17, 15) is 9.59 Å². The minimum absolute atomic E-state index is 0.0356. The van der Waals surface area contributed by atoms with Crippen molar-refractivity contribution in [3.63, 3.8) is 0 Å². The van der Waals surface area contributed by atoms with Gasteiger partial charge in [0, 0.05) is 49.3 Å². The molecule has 0 radical (unpaired) electrons. The first-order chi connectivity index (χ1) is 14.0. The molecular formula is C19H19ClN6O3. The summed E-state index contributed by atoms with van der Waals surface area (Å²) in [6.45, 7) is 3.32. The fourth-order valence-electron chi connectivity index (χ4n) is 3.21. The lowest BCUT2D eigenvalue weighted by atomic mass is 10.2. The smallest absolute Gasteiger partial charge is 0.231 e. The fraction of sp³-hybridized carbons (Fsp3) is 0.316. The van der Waals surface area contributed by atoms with Crippen LogP contribution in [0, 0.1) is 6.92 Å². The Morgan fingerprint density at radius 3 is 2.90 bits per heavy atom. The molecule has 0 atom stereocenters. The summed E-state index contributed by atoms with van der Waals surface area (Å²) in [5.74, 6) is 0.531. The Balaban J connectivity index is 1.33. The summed E-state index contributed by atoms with van der Waals surface area (Å²) in [6.07, 6.45) is 2.52. The van der Waals surface area contributed by atoms with Crippen LogP contribution >= 0.6 is 11.6 Å². The standard InChI is InChI=1S/C19H19ClN6O3/c1-12-9-18-25(7-2-8-26(18)23-12)19(28)4-3-16(27)22-17-11-15(24-29-17)14-10-13(20)5-6-21-14/h5-6,9-11H,2-4,7-8H2,1H3,(H,22,27). The van der Waals surface area contributed by atoms with E-state index in [2.05, 4.69) is 20.6 Å². The van der Waals surface area contributed by atoms with E-state index >= 15 is 0 Å². The number of carbonyl (C=O) groups excluding carboxylic acids is 2. The van der Waals surface area contributed by atoms with Crippen LogP contribution < -0.4 is 10.2 Å². The molecule has 150 valence electrons. The van der Waals surface area contributed by atoms with Crippen molar-refractivity contribution < 1.29 is 14.1 Å². The highest BCUT2D eigenvalue weighted by molar-refractivity contribution is 6.30. The Morgan fingerprint density at radius 1 is 1.21 bits per heavy atom. The van der Waals surface area contributed by atoms with Crippen molar-refractivity contribution in [2.24, 2.45) is 0 Å². The minimum atomic E-state index is -0.332. The fourth-order valence-corrected chi connectivity index (χ4v) is 3.37. The number of hydrogen-bond donors (Lipinski definition) is 1. The first kappa shape index (κ1) is 19.1. The highest BCUT2D eigenvalue weighted by Crippen LogP contribution is 2.24. The Hall–Kier alpha value is -3.20. The third kappa shape index (κ3) is 4.29. The van der Waals surface area contributed by atoms with Gasteiger partial charge in [0.2, 0.25) is 17.7 Å². The lowest BCUT2D eigenvalue weighted by Crippen LogP contribution is -2.37. The van der Waals surface area contributed by atoms with Gasteiger partial charge in [0.25, 0.3) is 0 Å². The molecule has 29 heavy (non-hydrogen) atoms. The van der Waals surface area contributed by atoms with Crippen molar-refractivity contribution in [3.05, 3.63) is 41.2 Å². The SMILES string of the molecule is Cc1cc2n(n1)CCCN2C(=O)CCC(=O)Nc1cc(-c2cc(Cl)ccn2)no1. The number of fused-ring (bicyclic) bond motifs is 1. The molecule has 4 rings (SSSR count). The van der Waals surface area contributed by atoms with Gasteiger partial charge in [-0.1, -0.05) is 16.8 Å². The van der Waals surface area contributed by atoms with Crippen LogP contribution in [0.15, 0.2) is 35.0 Å². The second-order valence-electron chi connectivity index (χ2n) is 6.75. The van der Waals surface area contributed by atoms with Gasteiger partial charge >= 0.3 is 0 Å². The lowest BCUT2D eigenvalue weighted by molar-refractivity contribution is -0.122. The zero-order valence-electron chi connectivity index (χ0n) is 15.8. The zero-order valence-corrected chi connectivity index (χ0v) is 16.5. The summed E-state index contributed by atoms with van der Waals surface area (Å²) < 4.78 is 6.96. The number of aryl methyl sites for hydroxylation is 2. The van der Waals surface area contributed by atoms with Gasteiger partial charge in [-0.25, -0.2) is 4.68 Å². The van der Waals surface area contributed by atoms with Crippen LogP contribution in [0.1, 0.15) is 25.0 Å². The molecule has 0 aromatic carbocycles.